The third-order valence-electron chi connectivity index (χ3n) is 3.63. The van der Waals surface area contributed by atoms with Crippen LogP contribution in [0.3, 0.4) is 0 Å². The molecule has 0 unspecified atom stereocenters. The highest BCUT2D eigenvalue weighted by Gasteiger charge is 2.28. The number of nitrogens with one attached hydrogen (secondary N) is 1. The van der Waals surface area contributed by atoms with Crippen molar-refractivity contribution in [3.63, 3.8) is 0 Å². The molecule has 0 bridgehead atoms. The van der Waals surface area contributed by atoms with Gasteiger partial charge in [-0.2, -0.15) is 0 Å². The monoisotopic (exact) mass is 298 g/mol. The van der Waals surface area contributed by atoms with Gasteiger partial charge in [-0.3, -0.25) is 9.59 Å². The summed E-state index contributed by atoms with van der Waals surface area (Å²) in [5.74, 6) is -0.623. The van der Waals surface area contributed by atoms with E-state index in [1.165, 1.54) is 17.0 Å². The fraction of sp³-hybridized carbons (Fsp3) is 0.176. The van der Waals surface area contributed by atoms with Crippen LogP contribution in [0.25, 0.3) is 0 Å². The molecule has 5 heteroatoms. The Bertz CT molecular complexity index is 713. The normalized spacial score (nSPS) is 13.1. The molecule has 112 valence electrons. The number of hydrogen-bond acceptors (Lipinski definition) is 2. The maximum atomic E-state index is 12.8. The van der Waals surface area contributed by atoms with Crippen LogP contribution < -0.4 is 10.2 Å². The van der Waals surface area contributed by atoms with Crippen molar-refractivity contribution in [3.05, 3.63) is 65.5 Å². The molecular weight excluding hydrogens is 283 g/mol. The molecule has 2 aromatic carbocycles. The molecule has 0 saturated carbocycles. The van der Waals surface area contributed by atoms with Crippen molar-refractivity contribution in [3.8, 4) is 0 Å². The first-order valence-corrected chi connectivity index (χ1v) is 7.03. The number of para-hydroxylation sites is 1. The van der Waals surface area contributed by atoms with Crippen molar-refractivity contribution in [2.45, 2.75) is 13.0 Å². The molecule has 1 aliphatic heterocycles. The molecule has 3 rings (SSSR count). The van der Waals surface area contributed by atoms with Gasteiger partial charge in [0.05, 0.1) is 6.42 Å². The molecule has 0 aromatic heterocycles. The highest BCUT2D eigenvalue weighted by molar-refractivity contribution is 6.04. The number of benzene rings is 2. The summed E-state index contributed by atoms with van der Waals surface area (Å²) in [7, 11) is 0. The van der Waals surface area contributed by atoms with Crippen LogP contribution in [0.1, 0.15) is 11.1 Å². The number of carbonyl (C=O) groups is 2. The van der Waals surface area contributed by atoms with Gasteiger partial charge in [0.2, 0.25) is 11.8 Å². The van der Waals surface area contributed by atoms with Gasteiger partial charge in [-0.1, -0.05) is 30.3 Å². The number of rotatable bonds is 4. The van der Waals surface area contributed by atoms with Crippen LogP contribution in [-0.2, 0) is 22.6 Å². The number of fused-ring (bicyclic) bond motifs is 1. The van der Waals surface area contributed by atoms with Crippen molar-refractivity contribution in [2.75, 3.05) is 11.4 Å². The van der Waals surface area contributed by atoms with Crippen molar-refractivity contribution >= 4 is 17.5 Å². The highest BCUT2D eigenvalue weighted by Crippen LogP contribution is 2.27. The van der Waals surface area contributed by atoms with E-state index in [1.54, 1.807) is 12.1 Å². The fourth-order valence-electron chi connectivity index (χ4n) is 2.49. The Balaban J connectivity index is 1.60. The van der Waals surface area contributed by atoms with Gasteiger partial charge in [-0.05, 0) is 29.3 Å². The van der Waals surface area contributed by atoms with E-state index in [2.05, 4.69) is 5.32 Å². The van der Waals surface area contributed by atoms with Crippen molar-refractivity contribution < 1.29 is 14.0 Å². The van der Waals surface area contributed by atoms with Crippen molar-refractivity contribution in [1.29, 1.82) is 0 Å². The average Bonchev–Trinajstić information content (AvgIpc) is 2.83. The van der Waals surface area contributed by atoms with Crippen molar-refractivity contribution in [1.82, 2.24) is 5.32 Å². The second-order valence-corrected chi connectivity index (χ2v) is 5.19. The number of nitrogens with zero attached hydrogens (tertiary/aromatic N) is 1. The Morgan fingerprint density at radius 3 is 2.64 bits per heavy atom. The SMILES string of the molecule is O=C(CN1C(=O)Cc2ccccc21)NCc1ccc(F)cc1. The molecule has 0 radical (unpaired) electrons. The summed E-state index contributed by atoms with van der Waals surface area (Å²) in [6.45, 7) is 0.305. The van der Waals surface area contributed by atoms with E-state index < -0.39 is 0 Å². The second-order valence-electron chi connectivity index (χ2n) is 5.19. The summed E-state index contributed by atoms with van der Waals surface area (Å²) >= 11 is 0. The summed E-state index contributed by atoms with van der Waals surface area (Å²) in [6.07, 6.45) is 0.335. The van der Waals surface area contributed by atoms with E-state index in [0.717, 1.165) is 16.8 Å². The Labute approximate surface area is 127 Å². The molecule has 1 aliphatic rings. The molecule has 0 aliphatic carbocycles. The third-order valence-corrected chi connectivity index (χ3v) is 3.63. The molecular formula is C17H15FN2O2. The third kappa shape index (κ3) is 2.98. The van der Waals surface area contributed by atoms with Gasteiger partial charge in [0.1, 0.15) is 12.4 Å². The van der Waals surface area contributed by atoms with E-state index >= 15 is 0 Å². The lowest BCUT2D eigenvalue weighted by Gasteiger charge is -2.17. The predicted molar refractivity (Wildman–Crippen MR) is 80.7 cm³/mol. The molecule has 0 atom stereocenters. The summed E-state index contributed by atoms with van der Waals surface area (Å²) in [5.41, 5.74) is 2.55. The Hall–Kier alpha value is -2.69. The van der Waals surface area contributed by atoms with Crippen LogP contribution in [0.2, 0.25) is 0 Å². The summed E-state index contributed by atoms with van der Waals surface area (Å²) in [6, 6.07) is 13.4. The maximum absolute atomic E-state index is 12.8. The Morgan fingerprint density at radius 2 is 1.86 bits per heavy atom. The predicted octanol–water partition coefficient (Wildman–Crippen LogP) is 2.03. The van der Waals surface area contributed by atoms with Gasteiger partial charge in [0, 0.05) is 12.2 Å². The zero-order valence-corrected chi connectivity index (χ0v) is 11.9. The first-order valence-electron chi connectivity index (χ1n) is 7.03. The average molecular weight is 298 g/mol. The minimum absolute atomic E-state index is 0.00294. The summed E-state index contributed by atoms with van der Waals surface area (Å²) in [4.78, 5) is 25.5. The molecule has 0 spiro atoms. The summed E-state index contributed by atoms with van der Waals surface area (Å²) in [5, 5.41) is 2.74. The topological polar surface area (TPSA) is 49.4 Å². The number of amides is 2. The van der Waals surface area contributed by atoms with E-state index in [4.69, 9.17) is 0 Å². The number of anilines is 1. The minimum Gasteiger partial charge on any atom is -0.350 e. The highest BCUT2D eigenvalue weighted by atomic mass is 19.1. The summed E-state index contributed by atoms with van der Waals surface area (Å²) < 4.78 is 12.8. The minimum atomic E-state index is -0.311. The Morgan fingerprint density at radius 1 is 1.14 bits per heavy atom. The van der Waals surface area contributed by atoms with Crippen LogP contribution in [0, 0.1) is 5.82 Å². The molecule has 1 N–H and O–H groups in total. The fourth-order valence-corrected chi connectivity index (χ4v) is 2.49. The van der Waals surface area contributed by atoms with E-state index in [9.17, 15) is 14.0 Å². The molecule has 2 aromatic rings. The largest absolute Gasteiger partial charge is 0.350 e. The van der Waals surface area contributed by atoms with Gasteiger partial charge in [-0.15, -0.1) is 0 Å². The lowest BCUT2D eigenvalue weighted by molar-refractivity contribution is -0.123. The molecule has 22 heavy (non-hydrogen) atoms. The van der Waals surface area contributed by atoms with Crippen LogP contribution in [0.15, 0.2) is 48.5 Å². The smallest absolute Gasteiger partial charge is 0.240 e. The van der Waals surface area contributed by atoms with Gasteiger partial charge >= 0.3 is 0 Å². The first-order chi connectivity index (χ1) is 10.6. The van der Waals surface area contributed by atoms with Gasteiger partial charge in [0.15, 0.2) is 0 Å². The molecule has 0 saturated heterocycles. The second kappa shape index (κ2) is 5.97. The maximum Gasteiger partial charge on any atom is 0.240 e. The molecule has 0 fully saturated rings. The number of hydrogen-bond donors (Lipinski definition) is 1. The molecule has 1 heterocycles. The van der Waals surface area contributed by atoms with Crippen LogP contribution in [0.5, 0.6) is 0 Å². The van der Waals surface area contributed by atoms with Gasteiger partial charge < -0.3 is 10.2 Å². The van der Waals surface area contributed by atoms with Gasteiger partial charge in [0.25, 0.3) is 0 Å². The quantitative estimate of drug-likeness (QED) is 0.939. The Kier molecular flexibility index (Phi) is 3.87. The lowest BCUT2D eigenvalue weighted by Crippen LogP contribution is -2.38. The van der Waals surface area contributed by atoms with E-state index in [1.807, 2.05) is 24.3 Å². The van der Waals surface area contributed by atoms with E-state index in [-0.39, 0.29) is 24.2 Å². The van der Waals surface area contributed by atoms with Crippen LogP contribution in [0.4, 0.5) is 10.1 Å². The standard InChI is InChI=1S/C17H15FN2O2/c18-14-7-5-12(6-8-14)10-19-16(21)11-20-15-4-2-1-3-13(15)9-17(20)22/h1-8H,9-11H2,(H,19,21). The molecule has 2 amide bonds. The molecule has 4 nitrogen and oxygen atoms in total. The zero-order chi connectivity index (χ0) is 15.5. The van der Waals surface area contributed by atoms with Crippen LogP contribution >= 0.6 is 0 Å². The van der Waals surface area contributed by atoms with E-state index in [0.29, 0.717) is 13.0 Å². The number of halogens is 1. The number of carbonyl (C=O) groups excluding carboxylic acids is 2. The van der Waals surface area contributed by atoms with Crippen molar-refractivity contribution in [2.24, 2.45) is 0 Å². The lowest BCUT2D eigenvalue weighted by atomic mass is 10.2. The van der Waals surface area contributed by atoms with Crippen LogP contribution in [-0.4, -0.2) is 18.4 Å². The first kappa shape index (κ1) is 14.3. The zero-order valence-electron chi connectivity index (χ0n) is 11.9. The van der Waals surface area contributed by atoms with Gasteiger partial charge in [-0.25, -0.2) is 4.39 Å².